The van der Waals surface area contributed by atoms with Gasteiger partial charge in [0, 0.05) is 38.8 Å². The standard InChI is InChI=1S/C24H23BrClN3O2/c1-24(2)11-17-20(18(30)12-24)19(13-4-3-5-15(26)10-13)21(23(28)31)22(27)29(17)16-8-6-14(25)7-9-16/h3-10,19H,11-12,27H2,1-2H3,(H2,28,31). The van der Waals surface area contributed by atoms with Crippen LogP contribution in [0, 0.1) is 5.41 Å². The largest absolute Gasteiger partial charge is 0.384 e. The van der Waals surface area contributed by atoms with Crippen LogP contribution in [-0.2, 0) is 9.59 Å². The molecule has 1 amide bonds. The van der Waals surface area contributed by atoms with Gasteiger partial charge in [0.05, 0.1) is 5.57 Å². The summed E-state index contributed by atoms with van der Waals surface area (Å²) >= 11 is 9.69. The molecule has 0 saturated heterocycles. The minimum Gasteiger partial charge on any atom is -0.384 e. The molecule has 160 valence electrons. The van der Waals surface area contributed by atoms with Crippen LogP contribution in [0.5, 0.6) is 0 Å². The number of Topliss-reactive ketones (excluding diaryl/α,β-unsaturated/α-hetero) is 1. The Bertz CT molecular complexity index is 1150. The average molecular weight is 501 g/mol. The summed E-state index contributed by atoms with van der Waals surface area (Å²) in [6.45, 7) is 4.12. The van der Waals surface area contributed by atoms with Crippen LogP contribution in [0.1, 0.15) is 38.2 Å². The summed E-state index contributed by atoms with van der Waals surface area (Å²) in [7, 11) is 0. The van der Waals surface area contributed by atoms with E-state index >= 15 is 0 Å². The molecule has 0 saturated carbocycles. The third-order valence-electron chi connectivity index (χ3n) is 5.79. The summed E-state index contributed by atoms with van der Waals surface area (Å²) in [6.07, 6.45) is 1.01. The Balaban J connectivity index is 2.03. The Morgan fingerprint density at radius 1 is 1.16 bits per heavy atom. The third kappa shape index (κ3) is 3.90. The van der Waals surface area contributed by atoms with Gasteiger partial charge in [-0.1, -0.05) is 53.5 Å². The number of carbonyl (C=O) groups excluding carboxylic acids is 2. The molecule has 0 radical (unpaired) electrons. The van der Waals surface area contributed by atoms with E-state index in [9.17, 15) is 9.59 Å². The first-order chi connectivity index (χ1) is 14.6. The number of nitrogens with two attached hydrogens (primary N) is 2. The lowest BCUT2D eigenvalue weighted by Gasteiger charge is -2.44. The molecule has 0 spiro atoms. The fraction of sp³-hybridized carbons (Fsp3) is 0.250. The topological polar surface area (TPSA) is 89.4 Å². The number of carbonyl (C=O) groups is 2. The number of hydrogen-bond donors (Lipinski definition) is 2. The van der Waals surface area contributed by atoms with Crippen LogP contribution >= 0.6 is 27.5 Å². The van der Waals surface area contributed by atoms with Gasteiger partial charge in [-0.15, -0.1) is 0 Å². The van der Waals surface area contributed by atoms with Gasteiger partial charge in [0.1, 0.15) is 5.82 Å². The van der Waals surface area contributed by atoms with Crippen molar-refractivity contribution >= 4 is 44.9 Å². The molecule has 1 atom stereocenters. The summed E-state index contributed by atoms with van der Waals surface area (Å²) < 4.78 is 0.914. The monoisotopic (exact) mass is 499 g/mol. The van der Waals surface area contributed by atoms with Gasteiger partial charge < -0.3 is 11.5 Å². The zero-order valence-electron chi connectivity index (χ0n) is 17.3. The number of rotatable bonds is 3. The summed E-state index contributed by atoms with van der Waals surface area (Å²) in [5.74, 6) is -1.08. The van der Waals surface area contributed by atoms with Crippen LogP contribution in [0.2, 0.25) is 5.02 Å². The van der Waals surface area contributed by atoms with E-state index in [1.165, 1.54) is 0 Å². The fourth-order valence-electron chi connectivity index (χ4n) is 4.56. The molecule has 0 fully saturated rings. The second-order valence-corrected chi connectivity index (χ2v) is 10.1. The van der Waals surface area contributed by atoms with Gasteiger partial charge in [-0.25, -0.2) is 0 Å². The lowest BCUT2D eigenvalue weighted by molar-refractivity contribution is -0.118. The van der Waals surface area contributed by atoms with Gasteiger partial charge >= 0.3 is 0 Å². The Kier molecular flexibility index (Phi) is 5.48. The summed E-state index contributed by atoms with van der Waals surface area (Å²) in [5, 5.41) is 0.515. The molecule has 1 aliphatic heterocycles. The molecule has 4 N–H and O–H groups in total. The molecule has 2 aromatic rings. The van der Waals surface area contributed by atoms with Crippen LogP contribution in [-0.4, -0.2) is 11.7 Å². The summed E-state index contributed by atoms with van der Waals surface area (Å²) in [4.78, 5) is 27.9. The van der Waals surface area contributed by atoms with E-state index < -0.39 is 11.8 Å². The van der Waals surface area contributed by atoms with E-state index in [4.69, 9.17) is 23.1 Å². The highest BCUT2D eigenvalue weighted by atomic mass is 79.9. The van der Waals surface area contributed by atoms with Gasteiger partial charge in [-0.2, -0.15) is 0 Å². The van der Waals surface area contributed by atoms with Crippen molar-refractivity contribution in [2.45, 2.75) is 32.6 Å². The first-order valence-corrected chi connectivity index (χ1v) is 11.1. The molecular weight excluding hydrogens is 478 g/mol. The zero-order chi connectivity index (χ0) is 22.5. The second kappa shape index (κ2) is 7.84. The Morgan fingerprint density at radius 3 is 2.45 bits per heavy atom. The molecule has 1 heterocycles. The maximum Gasteiger partial charge on any atom is 0.249 e. The lowest BCUT2D eigenvalue weighted by Crippen LogP contribution is -2.44. The van der Waals surface area contributed by atoms with E-state index in [1.807, 2.05) is 35.2 Å². The van der Waals surface area contributed by atoms with Crippen molar-refractivity contribution in [3.05, 3.63) is 86.3 Å². The molecule has 2 aromatic carbocycles. The van der Waals surface area contributed by atoms with Crippen LogP contribution in [0.15, 0.2) is 75.7 Å². The van der Waals surface area contributed by atoms with Crippen LogP contribution in [0.3, 0.4) is 0 Å². The van der Waals surface area contributed by atoms with E-state index in [1.54, 1.807) is 18.2 Å². The van der Waals surface area contributed by atoms with Gasteiger partial charge in [0.25, 0.3) is 0 Å². The first-order valence-electron chi connectivity index (χ1n) is 9.96. The van der Waals surface area contributed by atoms with Crippen molar-refractivity contribution in [3.8, 4) is 0 Å². The van der Waals surface area contributed by atoms with Crippen molar-refractivity contribution in [2.75, 3.05) is 4.90 Å². The van der Waals surface area contributed by atoms with Gasteiger partial charge in [0.15, 0.2) is 5.78 Å². The zero-order valence-corrected chi connectivity index (χ0v) is 19.6. The molecule has 0 aromatic heterocycles. The van der Waals surface area contributed by atoms with Crippen molar-refractivity contribution in [1.29, 1.82) is 0 Å². The van der Waals surface area contributed by atoms with Crippen molar-refractivity contribution in [3.63, 3.8) is 0 Å². The van der Waals surface area contributed by atoms with E-state index in [2.05, 4.69) is 29.8 Å². The number of primary amides is 1. The number of halogens is 2. The maximum atomic E-state index is 13.5. The third-order valence-corrected chi connectivity index (χ3v) is 6.56. The predicted octanol–water partition coefficient (Wildman–Crippen LogP) is 5.01. The number of anilines is 1. The molecular formula is C24H23BrClN3O2. The van der Waals surface area contributed by atoms with Crippen LogP contribution in [0.25, 0.3) is 0 Å². The Hall–Kier alpha value is -2.57. The maximum absolute atomic E-state index is 13.5. The number of nitrogens with zero attached hydrogens (tertiary/aromatic N) is 1. The number of hydrogen-bond acceptors (Lipinski definition) is 4. The van der Waals surface area contributed by atoms with Gasteiger partial charge in [0.2, 0.25) is 5.91 Å². The summed E-state index contributed by atoms with van der Waals surface area (Å²) in [6, 6.07) is 14.7. The SMILES string of the molecule is CC1(C)CC(=O)C2=C(C1)N(c1ccc(Br)cc1)C(N)=C(C(N)=O)C2c1cccc(Cl)c1. The smallest absolute Gasteiger partial charge is 0.249 e. The van der Waals surface area contributed by atoms with Crippen molar-refractivity contribution in [1.82, 2.24) is 0 Å². The molecule has 1 unspecified atom stereocenters. The molecule has 1 aliphatic carbocycles. The minimum atomic E-state index is -0.659. The van der Waals surface area contributed by atoms with Crippen LogP contribution in [0.4, 0.5) is 5.69 Å². The number of benzene rings is 2. The molecule has 31 heavy (non-hydrogen) atoms. The highest BCUT2D eigenvalue weighted by Gasteiger charge is 2.45. The molecule has 2 aliphatic rings. The normalized spacial score (nSPS) is 20.7. The van der Waals surface area contributed by atoms with E-state index in [0.29, 0.717) is 23.4 Å². The van der Waals surface area contributed by atoms with Crippen molar-refractivity contribution < 1.29 is 9.59 Å². The fourth-order valence-corrected chi connectivity index (χ4v) is 5.02. The minimum absolute atomic E-state index is 0.00964. The molecule has 7 heteroatoms. The molecule has 5 nitrogen and oxygen atoms in total. The van der Waals surface area contributed by atoms with Gasteiger partial charge in [-0.05, 0) is 53.8 Å². The molecule has 4 rings (SSSR count). The van der Waals surface area contributed by atoms with Crippen molar-refractivity contribution in [2.24, 2.45) is 16.9 Å². The quantitative estimate of drug-likeness (QED) is 0.620. The van der Waals surface area contributed by atoms with Crippen LogP contribution < -0.4 is 16.4 Å². The summed E-state index contributed by atoms with van der Waals surface area (Å²) in [5.41, 5.74) is 15.3. The highest BCUT2D eigenvalue weighted by molar-refractivity contribution is 9.10. The predicted molar refractivity (Wildman–Crippen MR) is 126 cm³/mol. The second-order valence-electron chi connectivity index (χ2n) is 8.76. The first kappa shape index (κ1) is 21.7. The van der Waals surface area contributed by atoms with E-state index in [0.717, 1.165) is 21.4 Å². The number of amides is 1. The lowest BCUT2D eigenvalue weighted by atomic mass is 9.68. The van der Waals surface area contributed by atoms with Gasteiger partial charge in [-0.3, -0.25) is 14.5 Å². The Labute approximate surface area is 194 Å². The molecule has 0 bridgehead atoms. The van der Waals surface area contributed by atoms with E-state index in [-0.39, 0.29) is 22.6 Å². The Morgan fingerprint density at radius 2 is 1.84 bits per heavy atom. The highest BCUT2D eigenvalue weighted by Crippen LogP contribution is 2.50. The average Bonchev–Trinajstić information content (AvgIpc) is 2.67. The number of allylic oxidation sites excluding steroid dienone is 2. The number of ketones is 1.